The van der Waals surface area contributed by atoms with Gasteiger partial charge in [0, 0.05) is 17.1 Å². The minimum Gasteiger partial charge on any atom is -0.312 e. The highest BCUT2D eigenvalue weighted by Gasteiger charge is 2.36. The Kier molecular flexibility index (Phi) is 4.07. The Bertz CT molecular complexity index is 216. The van der Waals surface area contributed by atoms with Gasteiger partial charge in [-0.1, -0.05) is 0 Å². The van der Waals surface area contributed by atoms with Crippen molar-refractivity contribution in [1.82, 2.24) is 10.2 Å². The van der Waals surface area contributed by atoms with Crippen molar-refractivity contribution in [3.8, 4) is 0 Å². The Labute approximate surface area is 102 Å². The van der Waals surface area contributed by atoms with Crippen LogP contribution in [-0.2, 0) is 0 Å². The molecule has 0 radical (unpaired) electrons. The molecule has 96 valence electrons. The van der Waals surface area contributed by atoms with Crippen LogP contribution in [0.3, 0.4) is 0 Å². The summed E-state index contributed by atoms with van der Waals surface area (Å²) in [4.78, 5) is 2.53. The smallest absolute Gasteiger partial charge is 0.0124 e. The summed E-state index contributed by atoms with van der Waals surface area (Å²) in [5.74, 6) is 0.883. The normalized spacial score (nSPS) is 27.0. The Morgan fingerprint density at radius 2 is 1.56 bits per heavy atom. The van der Waals surface area contributed by atoms with Crippen LogP contribution in [0.1, 0.15) is 54.4 Å². The third-order valence-electron chi connectivity index (χ3n) is 3.74. The van der Waals surface area contributed by atoms with Gasteiger partial charge in [0.15, 0.2) is 0 Å². The number of rotatable bonds is 3. The molecule has 0 aromatic rings. The molecule has 1 aliphatic carbocycles. The van der Waals surface area contributed by atoms with Gasteiger partial charge in [0.05, 0.1) is 0 Å². The van der Waals surface area contributed by atoms with Crippen LogP contribution in [0.4, 0.5) is 0 Å². The van der Waals surface area contributed by atoms with Crippen LogP contribution in [0.25, 0.3) is 0 Å². The molecule has 1 rings (SSSR count). The molecule has 1 fully saturated rings. The average Bonchev–Trinajstić information content (AvgIpc) is 1.96. The van der Waals surface area contributed by atoms with Gasteiger partial charge in [0.25, 0.3) is 0 Å². The van der Waals surface area contributed by atoms with Gasteiger partial charge in [-0.15, -0.1) is 0 Å². The summed E-state index contributed by atoms with van der Waals surface area (Å²) in [5, 5.41) is 3.60. The van der Waals surface area contributed by atoms with Crippen molar-refractivity contribution in [1.29, 1.82) is 0 Å². The largest absolute Gasteiger partial charge is 0.312 e. The highest BCUT2D eigenvalue weighted by molar-refractivity contribution is 4.92. The lowest BCUT2D eigenvalue weighted by Crippen LogP contribution is -2.53. The topological polar surface area (TPSA) is 15.3 Å². The number of nitrogens with zero attached hydrogens (tertiary/aromatic N) is 1. The molecule has 0 bridgehead atoms. The Morgan fingerprint density at radius 1 is 1.06 bits per heavy atom. The van der Waals surface area contributed by atoms with Gasteiger partial charge in [-0.2, -0.15) is 0 Å². The SMILES string of the molecule is CN(C1CC(CNC(C)(C)C)C1)C(C)(C)C. The quantitative estimate of drug-likeness (QED) is 0.796. The van der Waals surface area contributed by atoms with E-state index in [1.165, 1.54) is 19.4 Å². The summed E-state index contributed by atoms with van der Waals surface area (Å²) < 4.78 is 0. The highest BCUT2D eigenvalue weighted by Crippen LogP contribution is 2.34. The first-order valence-corrected chi connectivity index (χ1v) is 6.57. The van der Waals surface area contributed by atoms with Gasteiger partial charge in [0.2, 0.25) is 0 Å². The lowest BCUT2D eigenvalue weighted by molar-refractivity contribution is 0.0316. The standard InChI is InChI=1S/C14H30N2/c1-13(2,3)15-10-11-8-12(9-11)16(7)14(4,5)6/h11-12,15H,8-10H2,1-7H3. The van der Waals surface area contributed by atoms with Crippen molar-refractivity contribution in [3.63, 3.8) is 0 Å². The lowest BCUT2D eigenvalue weighted by Gasteiger charge is -2.47. The minimum absolute atomic E-state index is 0.265. The third-order valence-corrected chi connectivity index (χ3v) is 3.74. The summed E-state index contributed by atoms with van der Waals surface area (Å²) >= 11 is 0. The fourth-order valence-electron chi connectivity index (χ4n) is 2.18. The van der Waals surface area contributed by atoms with E-state index in [1.54, 1.807) is 0 Å². The Balaban J connectivity index is 2.23. The second-order valence-corrected chi connectivity index (χ2v) is 7.40. The van der Waals surface area contributed by atoms with Crippen LogP contribution >= 0.6 is 0 Å². The number of hydrogen-bond acceptors (Lipinski definition) is 2. The maximum Gasteiger partial charge on any atom is 0.0124 e. The molecular formula is C14H30N2. The van der Waals surface area contributed by atoms with Gasteiger partial charge in [0.1, 0.15) is 0 Å². The molecule has 0 aromatic carbocycles. The number of hydrogen-bond donors (Lipinski definition) is 1. The number of nitrogens with one attached hydrogen (secondary N) is 1. The van der Waals surface area contributed by atoms with Crippen molar-refractivity contribution in [2.75, 3.05) is 13.6 Å². The molecule has 16 heavy (non-hydrogen) atoms. The lowest BCUT2D eigenvalue weighted by atomic mass is 9.77. The first-order chi connectivity index (χ1) is 7.09. The van der Waals surface area contributed by atoms with E-state index in [2.05, 4.69) is 58.8 Å². The van der Waals surface area contributed by atoms with Gasteiger partial charge in [-0.25, -0.2) is 0 Å². The summed E-state index contributed by atoms with van der Waals surface area (Å²) in [6, 6.07) is 0.798. The van der Waals surface area contributed by atoms with Crippen LogP contribution in [-0.4, -0.2) is 35.6 Å². The van der Waals surface area contributed by atoms with Crippen LogP contribution in [0.15, 0.2) is 0 Å². The van der Waals surface area contributed by atoms with Crippen LogP contribution in [0.5, 0.6) is 0 Å². The summed E-state index contributed by atoms with van der Waals surface area (Å²) in [5.41, 5.74) is 0.577. The molecule has 2 nitrogen and oxygen atoms in total. The van der Waals surface area contributed by atoms with Crippen molar-refractivity contribution in [2.24, 2.45) is 5.92 Å². The molecule has 0 amide bonds. The molecule has 0 atom stereocenters. The first-order valence-electron chi connectivity index (χ1n) is 6.57. The van der Waals surface area contributed by atoms with E-state index >= 15 is 0 Å². The van der Waals surface area contributed by atoms with E-state index in [0.717, 1.165) is 12.0 Å². The molecule has 1 saturated carbocycles. The predicted molar refractivity (Wildman–Crippen MR) is 71.8 cm³/mol. The second kappa shape index (κ2) is 4.66. The summed E-state index contributed by atoms with van der Waals surface area (Å²) in [6.07, 6.45) is 2.72. The predicted octanol–water partition coefficient (Wildman–Crippen LogP) is 2.88. The molecule has 0 unspecified atom stereocenters. The monoisotopic (exact) mass is 226 g/mol. The van der Waals surface area contributed by atoms with Crippen molar-refractivity contribution < 1.29 is 0 Å². The molecular weight excluding hydrogens is 196 g/mol. The van der Waals surface area contributed by atoms with Crippen molar-refractivity contribution in [2.45, 2.75) is 71.5 Å². The van der Waals surface area contributed by atoms with Crippen molar-refractivity contribution >= 4 is 0 Å². The second-order valence-electron chi connectivity index (χ2n) is 7.40. The summed E-state index contributed by atoms with van der Waals surface area (Å²) in [6.45, 7) is 14.8. The maximum atomic E-state index is 3.60. The van der Waals surface area contributed by atoms with E-state index in [9.17, 15) is 0 Å². The third kappa shape index (κ3) is 4.06. The van der Waals surface area contributed by atoms with Crippen LogP contribution < -0.4 is 5.32 Å². The maximum absolute atomic E-state index is 3.60. The van der Waals surface area contributed by atoms with E-state index in [1.807, 2.05) is 0 Å². The minimum atomic E-state index is 0.265. The van der Waals surface area contributed by atoms with Gasteiger partial charge in [-0.3, -0.25) is 4.90 Å². The molecule has 0 spiro atoms. The average molecular weight is 226 g/mol. The molecule has 0 aliphatic heterocycles. The van der Waals surface area contributed by atoms with Crippen LogP contribution in [0, 0.1) is 5.92 Å². The van der Waals surface area contributed by atoms with E-state index in [0.29, 0.717) is 5.54 Å². The van der Waals surface area contributed by atoms with Crippen LogP contribution in [0.2, 0.25) is 0 Å². The van der Waals surface area contributed by atoms with Gasteiger partial charge in [-0.05, 0) is 73.9 Å². The van der Waals surface area contributed by atoms with E-state index < -0.39 is 0 Å². The van der Waals surface area contributed by atoms with Crippen molar-refractivity contribution in [3.05, 3.63) is 0 Å². The fourth-order valence-corrected chi connectivity index (χ4v) is 2.18. The van der Waals surface area contributed by atoms with E-state index in [4.69, 9.17) is 0 Å². The molecule has 0 saturated heterocycles. The van der Waals surface area contributed by atoms with Gasteiger partial charge >= 0.3 is 0 Å². The summed E-state index contributed by atoms with van der Waals surface area (Å²) in [7, 11) is 2.26. The fraction of sp³-hybridized carbons (Fsp3) is 1.00. The zero-order chi connectivity index (χ0) is 12.6. The molecule has 0 heterocycles. The zero-order valence-corrected chi connectivity index (χ0v) is 12.2. The molecule has 0 aromatic heterocycles. The molecule has 1 aliphatic rings. The Hall–Kier alpha value is -0.0800. The highest BCUT2D eigenvalue weighted by atomic mass is 15.2. The zero-order valence-electron chi connectivity index (χ0n) is 12.2. The molecule has 1 N–H and O–H groups in total. The van der Waals surface area contributed by atoms with E-state index in [-0.39, 0.29) is 5.54 Å². The van der Waals surface area contributed by atoms with Gasteiger partial charge < -0.3 is 5.32 Å². The first kappa shape index (κ1) is 14.0. The Morgan fingerprint density at radius 3 is 1.94 bits per heavy atom. The molecule has 2 heteroatoms.